The molecule has 4 saturated carbocycles. The summed E-state index contributed by atoms with van der Waals surface area (Å²) in [6, 6.07) is 7.29. The Kier molecular flexibility index (Phi) is 2.18. The van der Waals surface area contributed by atoms with Crippen molar-refractivity contribution < 1.29 is 9.84 Å². The van der Waals surface area contributed by atoms with Crippen molar-refractivity contribution in [3.63, 3.8) is 0 Å². The van der Waals surface area contributed by atoms with Gasteiger partial charge in [0.25, 0.3) is 0 Å². The van der Waals surface area contributed by atoms with Crippen molar-refractivity contribution in [3.8, 4) is 11.5 Å². The van der Waals surface area contributed by atoms with E-state index in [0.29, 0.717) is 5.75 Å². The van der Waals surface area contributed by atoms with E-state index in [2.05, 4.69) is 0 Å². The van der Waals surface area contributed by atoms with Crippen LogP contribution in [-0.2, 0) is 0 Å². The molecule has 0 saturated heterocycles. The van der Waals surface area contributed by atoms with Gasteiger partial charge in [0.15, 0.2) is 0 Å². The zero-order chi connectivity index (χ0) is 12.2. The van der Waals surface area contributed by atoms with Gasteiger partial charge in [-0.2, -0.15) is 0 Å². The van der Waals surface area contributed by atoms with E-state index in [9.17, 15) is 5.11 Å². The summed E-state index contributed by atoms with van der Waals surface area (Å²) in [5.74, 6) is 3.84. The minimum Gasteiger partial charge on any atom is -0.508 e. The molecule has 1 N–H and O–H groups in total. The molecule has 18 heavy (non-hydrogen) atoms. The molecular weight excluding hydrogens is 224 g/mol. The Morgan fingerprint density at radius 3 is 2.17 bits per heavy atom. The Morgan fingerprint density at radius 2 is 1.61 bits per heavy atom. The fourth-order valence-corrected chi connectivity index (χ4v) is 4.95. The molecule has 0 spiro atoms. The molecule has 0 amide bonds. The number of phenolic OH excluding ortho intramolecular Hbond substituents is 1. The first-order valence-corrected chi connectivity index (χ1v) is 7.19. The molecule has 1 aromatic carbocycles. The van der Waals surface area contributed by atoms with Gasteiger partial charge in [-0.1, -0.05) is 6.07 Å². The molecule has 1 aromatic rings. The number of hydrogen-bond acceptors (Lipinski definition) is 2. The van der Waals surface area contributed by atoms with Crippen LogP contribution < -0.4 is 4.74 Å². The average molecular weight is 244 g/mol. The van der Waals surface area contributed by atoms with E-state index in [1.807, 2.05) is 12.1 Å². The van der Waals surface area contributed by atoms with E-state index < -0.39 is 0 Å². The minimum atomic E-state index is 0.0859. The summed E-state index contributed by atoms with van der Waals surface area (Å²) in [6.45, 7) is 0. The fraction of sp³-hybridized carbons (Fsp3) is 0.625. The van der Waals surface area contributed by atoms with Crippen molar-refractivity contribution in [2.75, 3.05) is 0 Å². The van der Waals surface area contributed by atoms with Gasteiger partial charge in [0.2, 0.25) is 0 Å². The largest absolute Gasteiger partial charge is 0.508 e. The molecule has 0 atom stereocenters. The summed E-state index contributed by atoms with van der Waals surface area (Å²) in [4.78, 5) is 0. The van der Waals surface area contributed by atoms with E-state index in [0.717, 1.165) is 23.5 Å². The Hall–Kier alpha value is -1.18. The second-order valence-corrected chi connectivity index (χ2v) is 6.70. The van der Waals surface area contributed by atoms with Gasteiger partial charge < -0.3 is 9.84 Å². The normalized spacial score (nSPS) is 41.0. The number of rotatable bonds is 2. The van der Waals surface area contributed by atoms with Crippen molar-refractivity contribution in [2.24, 2.45) is 17.8 Å². The average Bonchev–Trinajstić information content (AvgIpc) is 2.25. The summed E-state index contributed by atoms with van der Waals surface area (Å²) in [6.07, 6.45) is 7.99. The highest BCUT2D eigenvalue weighted by Gasteiger charge is 2.52. The SMILES string of the molecule is Oc1cccc(OC23CC4CC(CC(C4)C2)C3)c1. The quantitative estimate of drug-likeness (QED) is 0.858. The first kappa shape index (κ1) is 10.7. The number of hydrogen-bond donors (Lipinski definition) is 1. The molecule has 0 aromatic heterocycles. The Morgan fingerprint density at radius 1 is 1.00 bits per heavy atom. The molecule has 4 aliphatic carbocycles. The van der Waals surface area contributed by atoms with Gasteiger partial charge in [0, 0.05) is 6.07 Å². The van der Waals surface area contributed by atoms with Crippen LogP contribution in [0.3, 0.4) is 0 Å². The summed E-state index contributed by atoms with van der Waals surface area (Å²) >= 11 is 0. The lowest BCUT2D eigenvalue weighted by molar-refractivity contribution is -0.107. The van der Waals surface area contributed by atoms with Gasteiger partial charge in [0.05, 0.1) is 0 Å². The lowest BCUT2D eigenvalue weighted by Gasteiger charge is -2.56. The molecule has 2 nitrogen and oxygen atoms in total. The predicted octanol–water partition coefficient (Wildman–Crippen LogP) is 3.74. The van der Waals surface area contributed by atoms with E-state index in [4.69, 9.17) is 4.74 Å². The van der Waals surface area contributed by atoms with Crippen LogP contribution in [0, 0.1) is 17.8 Å². The zero-order valence-corrected chi connectivity index (χ0v) is 10.6. The Balaban J connectivity index is 1.60. The van der Waals surface area contributed by atoms with E-state index in [1.165, 1.54) is 38.5 Å². The van der Waals surface area contributed by atoms with Gasteiger partial charge in [-0.25, -0.2) is 0 Å². The number of ether oxygens (including phenoxy) is 1. The third-order valence-electron chi connectivity index (χ3n) is 5.13. The fourth-order valence-electron chi connectivity index (χ4n) is 4.95. The second-order valence-electron chi connectivity index (χ2n) is 6.70. The van der Waals surface area contributed by atoms with Gasteiger partial charge in [0.1, 0.15) is 17.1 Å². The van der Waals surface area contributed by atoms with Crippen LogP contribution in [0.15, 0.2) is 24.3 Å². The van der Waals surface area contributed by atoms with Crippen molar-refractivity contribution in [1.82, 2.24) is 0 Å². The van der Waals surface area contributed by atoms with Gasteiger partial charge in [-0.3, -0.25) is 0 Å². The monoisotopic (exact) mass is 244 g/mol. The topological polar surface area (TPSA) is 29.5 Å². The van der Waals surface area contributed by atoms with E-state index >= 15 is 0 Å². The molecule has 4 fully saturated rings. The first-order valence-electron chi connectivity index (χ1n) is 7.19. The van der Waals surface area contributed by atoms with Crippen LogP contribution in [0.4, 0.5) is 0 Å². The Bertz CT molecular complexity index is 431. The molecule has 5 rings (SSSR count). The van der Waals surface area contributed by atoms with Crippen LogP contribution in [0.2, 0.25) is 0 Å². The third kappa shape index (κ3) is 1.70. The number of aromatic hydroxyl groups is 1. The maximum Gasteiger partial charge on any atom is 0.123 e. The highest BCUT2D eigenvalue weighted by atomic mass is 16.5. The lowest BCUT2D eigenvalue weighted by Crippen LogP contribution is -2.53. The molecule has 0 radical (unpaired) electrons. The highest BCUT2D eigenvalue weighted by molar-refractivity contribution is 5.32. The smallest absolute Gasteiger partial charge is 0.123 e. The zero-order valence-electron chi connectivity index (χ0n) is 10.6. The van der Waals surface area contributed by atoms with Gasteiger partial charge >= 0.3 is 0 Å². The molecular formula is C16H20O2. The number of phenols is 1. The van der Waals surface area contributed by atoms with Crippen LogP contribution in [0.5, 0.6) is 11.5 Å². The molecule has 96 valence electrons. The Labute approximate surface area is 108 Å². The van der Waals surface area contributed by atoms with Crippen LogP contribution in [0.25, 0.3) is 0 Å². The third-order valence-corrected chi connectivity index (χ3v) is 5.13. The number of benzene rings is 1. The van der Waals surface area contributed by atoms with Gasteiger partial charge in [-0.05, 0) is 68.4 Å². The van der Waals surface area contributed by atoms with Crippen LogP contribution in [-0.4, -0.2) is 10.7 Å². The van der Waals surface area contributed by atoms with Crippen molar-refractivity contribution in [3.05, 3.63) is 24.3 Å². The van der Waals surface area contributed by atoms with Crippen LogP contribution >= 0.6 is 0 Å². The summed E-state index contributed by atoms with van der Waals surface area (Å²) < 4.78 is 6.34. The second kappa shape index (κ2) is 3.66. The summed E-state index contributed by atoms with van der Waals surface area (Å²) in [5.41, 5.74) is 0.0859. The highest BCUT2D eigenvalue weighted by Crippen LogP contribution is 2.57. The molecule has 0 heterocycles. The van der Waals surface area contributed by atoms with E-state index in [1.54, 1.807) is 12.1 Å². The van der Waals surface area contributed by atoms with Crippen LogP contribution in [0.1, 0.15) is 38.5 Å². The van der Waals surface area contributed by atoms with Crippen molar-refractivity contribution >= 4 is 0 Å². The molecule has 2 heteroatoms. The minimum absolute atomic E-state index is 0.0859. The van der Waals surface area contributed by atoms with Crippen molar-refractivity contribution in [1.29, 1.82) is 0 Å². The molecule has 0 unspecified atom stereocenters. The lowest BCUT2D eigenvalue weighted by atomic mass is 9.54. The van der Waals surface area contributed by atoms with Gasteiger partial charge in [-0.15, -0.1) is 0 Å². The molecule has 4 aliphatic rings. The summed E-state index contributed by atoms with van der Waals surface area (Å²) in [7, 11) is 0. The first-order chi connectivity index (χ1) is 8.71. The molecule has 4 bridgehead atoms. The maximum absolute atomic E-state index is 9.55. The van der Waals surface area contributed by atoms with E-state index in [-0.39, 0.29) is 5.60 Å². The molecule has 0 aliphatic heterocycles. The standard InChI is InChI=1S/C16H20O2/c17-14-2-1-3-15(7-14)18-16-8-11-4-12(9-16)6-13(5-11)10-16/h1-3,7,11-13,17H,4-6,8-10H2. The predicted molar refractivity (Wildman–Crippen MR) is 69.6 cm³/mol. The maximum atomic E-state index is 9.55. The van der Waals surface area contributed by atoms with Crippen molar-refractivity contribution in [2.45, 2.75) is 44.1 Å². The summed E-state index contributed by atoms with van der Waals surface area (Å²) in [5, 5.41) is 9.55.